The number of methoxy groups -OCH3 is 2. The third-order valence-electron chi connectivity index (χ3n) is 2.60. The van der Waals surface area contributed by atoms with E-state index in [2.05, 4.69) is 5.32 Å². The molecule has 0 fully saturated rings. The summed E-state index contributed by atoms with van der Waals surface area (Å²) >= 11 is 6.12. The SMILES string of the molecule is CCOC(=O)Nc1c(Cl)cc(OC)c(OC)c1C(=O)OCC. The Labute approximate surface area is 133 Å². The largest absolute Gasteiger partial charge is 0.493 e. The lowest BCUT2D eigenvalue weighted by Crippen LogP contribution is -2.18. The van der Waals surface area contributed by atoms with Gasteiger partial charge in [0.25, 0.3) is 0 Å². The molecule has 1 rings (SSSR count). The molecule has 0 saturated carbocycles. The maximum absolute atomic E-state index is 12.2. The van der Waals surface area contributed by atoms with Gasteiger partial charge in [-0.25, -0.2) is 9.59 Å². The smallest absolute Gasteiger partial charge is 0.411 e. The molecule has 0 saturated heterocycles. The van der Waals surface area contributed by atoms with Crippen LogP contribution in [0.3, 0.4) is 0 Å². The topological polar surface area (TPSA) is 83.1 Å². The molecule has 122 valence electrons. The molecule has 0 aliphatic carbocycles. The maximum Gasteiger partial charge on any atom is 0.411 e. The molecule has 1 aromatic carbocycles. The lowest BCUT2D eigenvalue weighted by Gasteiger charge is -2.17. The molecule has 1 amide bonds. The quantitative estimate of drug-likeness (QED) is 0.806. The molecule has 0 heterocycles. The van der Waals surface area contributed by atoms with Crippen molar-refractivity contribution in [1.29, 1.82) is 0 Å². The van der Waals surface area contributed by atoms with Crippen molar-refractivity contribution in [3.05, 3.63) is 16.7 Å². The van der Waals surface area contributed by atoms with Crippen LogP contribution in [0.15, 0.2) is 6.07 Å². The summed E-state index contributed by atoms with van der Waals surface area (Å²) in [6.45, 7) is 3.63. The Kier molecular flexibility index (Phi) is 6.78. The van der Waals surface area contributed by atoms with E-state index in [-0.39, 0.29) is 41.0 Å². The van der Waals surface area contributed by atoms with Crippen LogP contribution < -0.4 is 14.8 Å². The normalized spacial score (nSPS) is 9.86. The van der Waals surface area contributed by atoms with Gasteiger partial charge in [-0.1, -0.05) is 11.6 Å². The van der Waals surface area contributed by atoms with Gasteiger partial charge in [0.2, 0.25) is 0 Å². The highest BCUT2D eigenvalue weighted by Gasteiger charge is 2.27. The highest BCUT2D eigenvalue weighted by Crippen LogP contribution is 2.41. The second-order valence-electron chi connectivity index (χ2n) is 3.91. The lowest BCUT2D eigenvalue weighted by atomic mass is 10.1. The van der Waals surface area contributed by atoms with Crippen LogP contribution in [-0.4, -0.2) is 39.5 Å². The number of esters is 1. The van der Waals surface area contributed by atoms with Crippen molar-refractivity contribution in [3.63, 3.8) is 0 Å². The summed E-state index contributed by atoms with van der Waals surface area (Å²) < 4.78 is 20.1. The third kappa shape index (κ3) is 3.94. The molecule has 1 aromatic rings. The van der Waals surface area contributed by atoms with Crippen molar-refractivity contribution in [3.8, 4) is 11.5 Å². The highest BCUT2D eigenvalue weighted by molar-refractivity contribution is 6.35. The number of amides is 1. The fourth-order valence-corrected chi connectivity index (χ4v) is 1.99. The zero-order chi connectivity index (χ0) is 16.7. The Balaban J connectivity index is 3.45. The van der Waals surface area contributed by atoms with E-state index in [1.165, 1.54) is 20.3 Å². The van der Waals surface area contributed by atoms with E-state index in [0.29, 0.717) is 0 Å². The second kappa shape index (κ2) is 8.33. The number of nitrogens with one attached hydrogen (secondary N) is 1. The first-order valence-corrected chi connectivity index (χ1v) is 6.93. The van der Waals surface area contributed by atoms with Crippen molar-refractivity contribution in [2.45, 2.75) is 13.8 Å². The molecular weight excluding hydrogens is 314 g/mol. The Morgan fingerprint density at radius 1 is 1.14 bits per heavy atom. The summed E-state index contributed by atoms with van der Waals surface area (Å²) in [7, 11) is 2.77. The van der Waals surface area contributed by atoms with Crippen molar-refractivity contribution < 1.29 is 28.5 Å². The molecule has 7 nitrogen and oxygen atoms in total. The van der Waals surface area contributed by atoms with Crippen LogP contribution in [0.1, 0.15) is 24.2 Å². The first-order valence-electron chi connectivity index (χ1n) is 6.55. The minimum atomic E-state index is -0.748. The number of rotatable bonds is 6. The maximum atomic E-state index is 12.2. The summed E-state index contributed by atoms with van der Waals surface area (Å²) in [6, 6.07) is 1.42. The monoisotopic (exact) mass is 331 g/mol. The summed E-state index contributed by atoms with van der Waals surface area (Å²) in [5, 5.41) is 2.51. The number of anilines is 1. The van der Waals surface area contributed by atoms with Crippen LogP contribution in [-0.2, 0) is 9.47 Å². The molecule has 1 N–H and O–H groups in total. The van der Waals surface area contributed by atoms with E-state index in [1.54, 1.807) is 13.8 Å². The average Bonchev–Trinajstić information content (AvgIpc) is 2.48. The molecule has 0 radical (unpaired) electrons. The molecule has 0 bridgehead atoms. The number of halogens is 1. The van der Waals surface area contributed by atoms with E-state index < -0.39 is 12.1 Å². The van der Waals surface area contributed by atoms with Crippen LogP contribution in [0.4, 0.5) is 10.5 Å². The molecule has 0 aromatic heterocycles. The van der Waals surface area contributed by atoms with Gasteiger partial charge in [-0.05, 0) is 13.8 Å². The first kappa shape index (κ1) is 17.9. The first-order chi connectivity index (χ1) is 10.5. The van der Waals surface area contributed by atoms with Crippen LogP contribution >= 0.6 is 11.6 Å². The van der Waals surface area contributed by atoms with Crippen LogP contribution in [0.5, 0.6) is 11.5 Å². The molecule has 0 unspecified atom stereocenters. The molecule has 0 aliphatic heterocycles. The number of ether oxygens (including phenoxy) is 4. The Morgan fingerprint density at radius 3 is 2.27 bits per heavy atom. The Hall–Kier alpha value is -2.15. The van der Waals surface area contributed by atoms with Gasteiger partial charge in [-0.3, -0.25) is 5.32 Å². The summed E-state index contributed by atoms with van der Waals surface area (Å²) in [6.07, 6.45) is -0.748. The zero-order valence-corrected chi connectivity index (χ0v) is 13.6. The van der Waals surface area contributed by atoms with Gasteiger partial charge in [-0.15, -0.1) is 0 Å². The fraction of sp³-hybridized carbons (Fsp3) is 0.429. The van der Waals surface area contributed by atoms with Gasteiger partial charge >= 0.3 is 12.1 Å². The van der Waals surface area contributed by atoms with Gasteiger partial charge in [-0.2, -0.15) is 0 Å². The molecule has 0 spiro atoms. The third-order valence-corrected chi connectivity index (χ3v) is 2.90. The minimum Gasteiger partial charge on any atom is -0.493 e. The van der Waals surface area contributed by atoms with E-state index in [1.807, 2.05) is 0 Å². The molecular formula is C14H18ClNO6. The Bertz CT molecular complexity index is 561. The standard InChI is InChI=1S/C14H18ClNO6/c1-5-21-13(17)10-11(16-14(18)22-6-2)8(15)7-9(19-3)12(10)20-4/h7H,5-6H2,1-4H3,(H,16,18). The number of hydrogen-bond donors (Lipinski definition) is 1. The van der Waals surface area contributed by atoms with Gasteiger partial charge in [0, 0.05) is 6.07 Å². The molecule has 8 heteroatoms. The zero-order valence-electron chi connectivity index (χ0n) is 12.8. The minimum absolute atomic E-state index is 0.0382. The highest BCUT2D eigenvalue weighted by atomic mass is 35.5. The number of benzene rings is 1. The van der Waals surface area contributed by atoms with Crippen LogP contribution in [0.2, 0.25) is 5.02 Å². The van der Waals surface area contributed by atoms with E-state index in [0.717, 1.165) is 0 Å². The van der Waals surface area contributed by atoms with Crippen LogP contribution in [0.25, 0.3) is 0 Å². The summed E-state index contributed by atoms with van der Waals surface area (Å²) in [5.41, 5.74) is -0.00188. The van der Waals surface area contributed by atoms with Gasteiger partial charge < -0.3 is 18.9 Å². The second-order valence-corrected chi connectivity index (χ2v) is 4.32. The van der Waals surface area contributed by atoms with Crippen LogP contribution in [0, 0.1) is 0 Å². The summed E-state index contributed by atoms with van der Waals surface area (Å²) in [5.74, 6) is -0.353. The van der Waals surface area contributed by atoms with Gasteiger partial charge in [0.05, 0.1) is 38.1 Å². The van der Waals surface area contributed by atoms with Gasteiger partial charge in [0.1, 0.15) is 5.56 Å². The van der Waals surface area contributed by atoms with Crippen molar-refractivity contribution >= 4 is 29.4 Å². The molecule has 0 atom stereocenters. The number of carbonyl (C=O) groups is 2. The lowest BCUT2D eigenvalue weighted by molar-refractivity contribution is 0.0523. The summed E-state index contributed by atoms with van der Waals surface area (Å²) in [4.78, 5) is 23.8. The predicted molar refractivity (Wildman–Crippen MR) is 81.2 cm³/mol. The number of hydrogen-bond acceptors (Lipinski definition) is 6. The number of carbonyl (C=O) groups excluding carboxylic acids is 2. The van der Waals surface area contributed by atoms with Crippen molar-refractivity contribution in [1.82, 2.24) is 0 Å². The van der Waals surface area contributed by atoms with Crippen molar-refractivity contribution in [2.75, 3.05) is 32.8 Å². The van der Waals surface area contributed by atoms with E-state index in [4.69, 9.17) is 30.5 Å². The average molecular weight is 332 g/mol. The predicted octanol–water partition coefficient (Wildman–Crippen LogP) is 3.10. The van der Waals surface area contributed by atoms with E-state index in [9.17, 15) is 9.59 Å². The molecule has 0 aliphatic rings. The fourth-order valence-electron chi connectivity index (χ4n) is 1.75. The van der Waals surface area contributed by atoms with Crippen molar-refractivity contribution in [2.24, 2.45) is 0 Å². The molecule has 22 heavy (non-hydrogen) atoms. The van der Waals surface area contributed by atoms with E-state index >= 15 is 0 Å². The Morgan fingerprint density at radius 2 is 1.77 bits per heavy atom. The van der Waals surface area contributed by atoms with Gasteiger partial charge in [0.15, 0.2) is 11.5 Å².